The monoisotopic (exact) mass is 325 g/mol. The number of piperidine rings is 1. The summed E-state index contributed by atoms with van der Waals surface area (Å²) in [6.07, 6.45) is 4.58. The van der Waals surface area contributed by atoms with E-state index in [1.54, 1.807) is 18.5 Å². The summed E-state index contributed by atoms with van der Waals surface area (Å²) in [5.74, 6) is 1.18. The highest BCUT2D eigenvalue weighted by atomic mass is 16.2. The quantitative estimate of drug-likeness (QED) is 0.898. The minimum atomic E-state index is -0.226. The lowest BCUT2D eigenvalue weighted by Crippen LogP contribution is -2.48. The molecule has 124 valence electrons. The van der Waals surface area contributed by atoms with Gasteiger partial charge in [0.1, 0.15) is 5.69 Å². The van der Waals surface area contributed by atoms with Crippen LogP contribution in [0.3, 0.4) is 0 Å². The van der Waals surface area contributed by atoms with E-state index in [2.05, 4.69) is 20.2 Å². The molecule has 2 aromatic rings. The van der Waals surface area contributed by atoms with Crippen LogP contribution in [0.2, 0.25) is 0 Å². The van der Waals surface area contributed by atoms with Crippen LogP contribution in [0, 0.1) is 5.92 Å². The van der Waals surface area contributed by atoms with E-state index in [9.17, 15) is 9.59 Å². The third-order valence-electron chi connectivity index (χ3n) is 4.75. The predicted molar refractivity (Wildman–Crippen MR) is 90.1 cm³/mol. The lowest BCUT2D eigenvalue weighted by molar-refractivity contribution is -0.114. The molecule has 2 aliphatic rings. The van der Waals surface area contributed by atoms with E-state index in [4.69, 9.17) is 0 Å². The van der Waals surface area contributed by atoms with Crippen molar-refractivity contribution in [1.29, 1.82) is 0 Å². The summed E-state index contributed by atoms with van der Waals surface area (Å²) < 4.78 is 1.83. The first-order valence-electron chi connectivity index (χ1n) is 8.15. The Hall–Kier alpha value is -2.70. The number of anilines is 2. The van der Waals surface area contributed by atoms with E-state index < -0.39 is 0 Å². The minimum absolute atomic E-state index is 0.109. The molecule has 0 radical (unpaired) electrons. The number of pyridine rings is 1. The molecule has 2 aromatic heterocycles. The third kappa shape index (κ3) is 2.55. The van der Waals surface area contributed by atoms with Crippen molar-refractivity contribution in [3.8, 4) is 0 Å². The molecule has 1 saturated heterocycles. The van der Waals surface area contributed by atoms with Crippen LogP contribution in [-0.2, 0) is 11.3 Å². The first-order chi connectivity index (χ1) is 11.6. The van der Waals surface area contributed by atoms with E-state index in [0.29, 0.717) is 18.2 Å². The molecule has 2 aliphatic heterocycles. The summed E-state index contributed by atoms with van der Waals surface area (Å²) in [5, 5.41) is 2.62. The van der Waals surface area contributed by atoms with Crippen LogP contribution >= 0.6 is 0 Å². The van der Waals surface area contributed by atoms with E-state index in [1.807, 2.05) is 16.7 Å². The van der Waals surface area contributed by atoms with Crippen molar-refractivity contribution in [1.82, 2.24) is 14.5 Å². The van der Waals surface area contributed by atoms with E-state index in [0.717, 1.165) is 31.2 Å². The van der Waals surface area contributed by atoms with Crippen molar-refractivity contribution in [2.24, 2.45) is 5.92 Å². The van der Waals surface area contributed by atoms with Gasteiger partial charge in [-0.3, -0.25) is 9.59 Å². The van der Waals surface area contributed by atoms with Gasteiger partial charge in [0.25, 0.3) is 5.56 Å². The van der Waals surface area contributed by atoms with Crippen LogP contribution in [0.4, 0.5) is 11.6 Å². The summed E-state index contributed by atoms with van der Waals surface area (Å²) in [5.41, 5.74) is 1.28. The Kier molecular flexibility index (Phi) is 3.55. The lowest BCUT2D eigenvalue weighted by atomic mass is 9.83. The molecule has 7 heteroatoms. The molecule has 0 aliphatic carbocycles. The van der Waals surface area contributed by atoms with E-state index >= 15 is 0 Å². The molecule has 2 bridgehead atoms. The molecule has 0 spiro atoms. The van der Waals surface area contributed by atoms with Gasteiger partial charge in [-0.1, -0.05) is 0 Å². The zero-order valence-electron chi connectivity index (χ0n) is 13.5. The molecule has 0 saturated carbocycles. The Bertz CT molecular complexity index is 833. The summed E-state index contributed by atoms with van der Waals surface area (Å²) in [7, 11) is 0. The van der Waals surface area contributed by atoms with Crippen molar-refractivity contribution in [3.05, 3.63) is 46.6 Å². The van der Waals surface area contributed by atoms with Crippen LogP contribution < -0.4 is 15.8 Å². The van der Waals surface area contributed by atoms with Gasteiger partial charge in [-0.15, -0.1) is 0 Å². The van der Waals surface area contributed by atoms with Gasteiger partial charge in [-0.05, 0) is 30.5 Å². The molecular weight excluding hydrogens is 306 g/mol. The number of carbonyl (C=O) groups excluding carboxylic acids is 1. The molecule has 1 fully saturated rings. The Morgan fingerprint density at radius 3 is 2.75 bits per heavy atom. The van der Waals surface area contributed by atoms with Crippen molar-refractivity contribution in [2.45, 2.75) is 25.8 Å². The van der Waals surface area contributed by atoms with Gasteiger partial charge in [0.15, 0.2) is 0 Å². The highest BCUT2D eigenvalue weighted by Gasteiger charge is 2.35. The summed E-state index contributed by atoms with van der Waals surface area (Å²) in [4.78, 5) is 34.8. The minimum Gasteiger partial charge on any atom is -0.340 e. The van der Waals surface area contributed by atoms with Crippen LogP contribution in [0.5, 0.6) is 0 Å². The van der Waals surface area contributed by atoms with Crippen molar-refractivity contribution in [2.75, 3.05) is 23.3 Å². The molecule has 0 unspecified atom stereocenters. The average molecular weight is 325 g/mol. The number of aromatic nitrogens is 3. The average Bonchev–Trinajstić information content (AvgIpc) is 2.58. The molecule has 1 N–H and O–H groups in total. The maximum absolute atomic E-state index is 12.6. The first kappa shape index (κ1) is 14.9. The number of amides is 1. The maximum Gasteiger partial charge on any atom is 0.274 e. The second-order valence-electron chi connectivity index (χ2n) is 6.52. The number of nitrogens with zero attached hydrogens (tertiary/aromatic N) is 4. The predicted octanol–water partition coefficient (Wildman–Crippen LogP) is 1.22. The van der Waals surface area contributed by atoms with Crippen LogP contribution in [0.1, 0.15) is 25.0 Å². The highest BCUT2D eigenvalue weighted by molar-refractivity contribution is 5.88. The Morgan fingerprint density at radius 1 is 1.21 bits per heavy atom. The number of hydrogen-bond acceptors (Lipinski definition) is 5. The first-order valence-corrected chi connectivity index (χ1v) is 8.15. The third-order valence-corrected chi connectivity index (χ3v) is 4.75. The fourth-order valence-corrected chi connectivity index (χ4v) is 3.85. The van der Waals surface area contributed by atoms with Crippen molar-refractivity contribution in [3.63, 3.8) is 0 Å². The number of rotatable bonds is 2. The number of carbonyl (C=O) groups is 1. The summed E-state index contributed by atoms with van der Waals surface area (Å²) in [6, 6.07) is 5.49. The molecule has 0 aromatic carbocycles. The highest BCUT2D eigenvalue weighted by Crippen LogP contribution is 2.36. The standard InChI is InChI=1S/C17H19N5O2/c1-11(23)20-14-3-4-15-13-7-12(9-22(15)16(14)24)8-21(10-13)17-18-5-2-6-19-17/h2-6,12-13H,7-10H2,1H3,(H,20,23)/t12-,13+/m0/s1. The Morgan fingerprint density at radius 2 is 2.00 bits per heavy atom. The fraction of sp³-hybridized carbons (Fsp3) is 0.412. The molecule has 2 atom stereocenters. The Balaban J connectivity index is 1.67. The molecular formula is C17H19N5O2. The van der Waals surface area contributed by atoms with Crippen LogP contribution in [0.15, 0.2) is 35.4 Å². The molecule has 4 rings (SSSR count). The van der Waals surface area contributed by atoms with Crippen LogP contribution in [-0.4, -0.2) is 33.5 Å². The van der Waals surface area contributed by atoms with Crippen LogP contribution in [0.25, 0.3) is 0 Å². The molecule has 4 heterocycles. The van der Waals surface area contributed by atoms with Gasteiger partial charge in [0.2, 0.25) is 11.9 Å². The van der Waals surface area contributed by atoms with Gasteiger partial charge < -0.3 is 14.8 Å². The second-order valence-corrected chi connectivity index (χ2v) is 6.52. The normalized spacial score (nSPS) is 22.0. The molecule has 24 heavy (non-hydrogen) atoms. The Labute approximate surface area is 139 Å². The zero-order valence-corrected chi connectivity index (χ0v) is 13.5. The SMILES string of the molecule is CC(=O)Nc1ccc2n(c1=O)C[C@H]1C[C@@H]2CN(c2ncccn2)C1. The van der Waals surface area contributed by atoms with Gasteiger partial charge in [0, 0.05) is 50.6 Å². The zero-order chi connectivity index (χ0) is 16.7. The summed E-state index contributed by atoms with van der Waals surface area (Å²) in [6.45, 7) is 3.73. The molecule has 1 amide bonds. The summed E-state index contributed by atoms with van der Waals surface area (Å²) >= 11 is 0. The van der Waals surface area contributed by atoms with Gasteiger partial charge >= 0.3 is 0 Å². The smallest absolute Gasteiger partial charge is 0.274 e. The van der Waals surface area contributed by atoms with Gasteiger partial charge in [-0.25, -0.2) is 9.97 Å². The van der Waals surface area contributed by atoms with Gasteiger partial charge in [0.05, 0.1) is 0 Å². The van der Waals surface area contributed by atoms with Gasteiger partial charge in [-0.2, -0.15) is 0 Å². The second kappa shape index (κ2) is 5.74. The fourth-order valence-electron chi connectivity index (χ4n) is 3.85. The largest absolute Gasteiger partial charge is 0.340 e. The topological polar surface area (TPSA) is 80.1 Å². The van der Waals surface area contributed by atoms with E-state index in [1.165, 1.54) is 6.92 Å². The number of nitrogens with one attached hydrogen (secondary N) is 1. The van der Waals surface area contributed by atoms with E-state index in [-0.39, 0.29) is 17.4 Å². The van der Waals surface area contributed by atoms with Crippen molar-refractivity contribution < 1.29 is 4.79 Å². The number of hydrogen-bond donors (Lipinski definition) is 1. The maximum atomic E-state index is 12.6. The van der Waals surface area contributed by atoms with Crippen molar-refractivity contribution >= 4 is 17.5 Å². The number of fused-ring (bicyclic) bond motifs is 4. The molecule has 7 nitrogen and oxygen atoms in total. The lowest BCUT2D eigenvalue weighted by Gasteiger charge is -2.42.